The molecule has 0 saturated heterocycles. The van der Waals surface area contributed by atoms with Gasteiger partial charge in [0.2, 0.25) is 0 Å². The first-order valence-corrected chi connectivity index (χ1v) is 43.5. The summed E-state index contributed by atoms with van der Waals surface area (Å²) in [6.45, 7) is 4.21. The van der Waals surface area contributed by atoms with E-state index in [1.807, 2.05) is 21.1 Å². The summed E-state index contributed by atoms with van der Waals surface area (Å²) in [6, 6.07) is 0. The van der Waals surface area contributed by atoms with Crippen LogP contribution in [0.3, 0.4) is 0 Å². The predicted octanol–water partition coefficient (Wildman–Crippen LogP) is 27.4. The molecule has 96 heavy (non-hydrogen) atoms. The zero-order valence-corrected chi connectivity index (χ0v) is 65.5. The minimum absolute atomic E-state index is 0.0277. The molecule has 0 aliphatic carbocycles. The molecule has 0 radical (unpaired) electrons. The van der Waals surface area contributed by atoms with Crippen molar-refractivity contribution in [2.45, 2.75) is 431 Å². The van der Waals surface area contributed by atoms with Crippen LogP contribution in [-0.2, 0) is 32.7 Å². The molecule has 9 nitrogen and oxygen atoms in total. The van der Waals surface area contributed by atoms with Gasteiger partial charge in [0.15, 0.2) is 6.10 Å². The second-order valence-electron chi connectivity index (χ2n) is 29.8. The molecule has 0 spiro atoms. The van der Waals surface area contributed by atoms with E-state index in [1.54, 1.807) is 0 Å². The Balaban J connectivity index is 3.88. The number of allylic oxidation sites excluding steroid dienone is 10. The fourth-order valence-electron chi connectivity index (χ4n) is 12.7. The summed E-state index contributed by atoms with van der Waals surface area (Å²) >= 11 is 0. The number of unbranched alkanes of at least 4 members (excludes halogenated alkanes) is 55. The van der Waals surface area contributed by atoms with Gasteiger partial charge in [0.25, 0.3) is 7.82 Å². The Labute approximate surface area is 597 Å². The van der Waals surface area contributed by atoms with Crippen LogP contribution >= 0.6 is 7.82 Å². The number of phosphoric acid groups is 1. The molecule has 0 saturated carbocycles. The van der Waals surface area contributed by atoms with Crippen molar-refractivity contribution in [3.8, 4) is 0 Å². The number of phosphoric ester groups is 1. The molecule has 0 bridgehead atoms. The lowest BCUT2D eigenvalue weighted by Crippen LogP contribution is -2.37. The average molecular weight is 1370 g/mol. The standard InChI is InChI=1S/C86H162NO8P/c1-6-8-10-12-14-16-18-20-22-24-26-28-30-32-34-36-38-40-41-42-43-44-45-47-49-51-53-55-57-59-61-63-65-67-69-71-73-75-77-79-86(89)95-84(83-94-96(90,91)93-81-80-87(3,4)5)82-92-85(88)78-76-74-72-70-68-66-64-62-60-58-56-54-52-50-48-46-39-37-35-33-31-29-27-25-23-21-19-17-15-13-11-9-7-2/h8,10,14,16,20,22,26,28,32,34,84H,6-7,9,11-13,15,17-19,21,23-25,27,29-31,33,35-83H2,1-5H3/b10-8-,16-14-,22-20-,28-26-,34-32-. The lowest BCUT2D eigenvalue weighted by molar-refractivity contribution is -0.870. The fraction of sp³-hybridized carbons (Fsp3) is 0.860. The molecule has 10 heteroatoms. The Bertz CT molecular complexity index is 1800. The largest absolute Gasteiger partial charge is 0.756 e. The number of ether oxygens (including phenoxy) is 2. The van der Waals surface area contributed by atoms with E-state index in [1.165, 1.54) is 327 Å². The van der Waals surface area contributed by atoms with E-state index in [0.717, 1.165) is 64.2 Å². The highest BCUT2D eigenvalue weighted by Gasteiger charge is 2.22. The van der Waals surface area contributed by atoms with Crippen LogP contribution in [0.2, 0.25) is 0 Å². The maximum Gasteiger partial charge on any atom is 0.306 e. The first-order chi connectivity index (χ1) is 47.0. The predicted molar refractivity (Wildman–Crippen MR) is 416 cm³/mol. The van der Waals surface area contributed by atoms with Gasteiger partial charge in [0.1, 0.15) is 19.8 Å². The molecule has 2 unspecified atom stereocenters. The van der Waals surface area contributed by atoms with E-state index in [-0.39, 0.29) is 32.0 Å². The highest BCUT2D eigenvalue weighted by atomic mass is 31.2. The van der Waals surface area contributed by atoms with Gasteiger partial charge in [-0.1, -0.05) is 415 Å². The van der Waals surface area contributed by atoms with Gasteiger partial charge in [-0.15, -0.1) is 0 Å². The highest BCUT2D eigenvalue weighted by Crippen LogP contribution is 2.38. The number of carbonyl (C=O) groups is 2. The molecule has 0 aliphatic heterocycles. The lowest BCUT2D eigenvalue weighted by Gasteiger charge is -2.28. The Kier molecular flexibility index (Phi) is 75.0. The molecule has 0 aliphatic rings. The normalized spacial score (nSPS) is 13.3. The quantitative estimate of drug-likeness (QED) is 0.0195. The Morgan fingerprint density at radius 3 is 0.885 bits per heavy atom. The fourth-order valence-corrected chi connectivity index (χ4v) is 13.4. The number of rotatable bonds is 79. The molecule has 0 aromatic rings. The molecule has 0 aromatic heterocycles. The van der Waals surface area contributed by atoms with Gasteiger partial charge in [-0.05, 0) is 57.8 Å². The van der Waals surface area contributed by atoms with Crippen molar-refractivity contribution in [2.75, 3.05) is 47.5 Å². The molecule has 564 valence electrons. The minimum Gasteiger partial charge on any atom is -0.756 e. The summed E-state index contributed by atoms with van der Waals surface area (Å²) in [5.74, 6) is -0.807. The van der Waals surface area contributed by atoms with E-state index in [4.69, 9.17) is 18.5 Å². The summed E-state index contributed by atoms with van der Waals surface area (Å²) in [6.07, 6.45) is 104. The van der Waals surface area contributed by atoms with Gasteiger partial charge >= 0.3 is 11.9 Å². The minimum atomic E-state index is -4.64. The smallest absolute Gasteiger partial charge is 0.306 e. The summed E-state index contributed by atoms with van der Waals surface area (Å²) < 4.78 is 34.5. The molecule has 0 amide bonds. The van der Waals surface area contributed by atoms with Crippen molar-refractivity contribution in [1.29, 1.82) is 0 Å². The Morgan fingerprint density at radius 1 is 0.333 bits per heavy atom. The molecule has 0 heterocycles. The third kappa shape index (κ3) is 80.7. The number of esters is 2. The van der Waals surface area contributed by atoms with Crippen LogP contribution < -0.4 is 4.89 Å². The van der Waals surface area contributed by atoms with Gasteiger partial charge in [0, 0.05) is 12.8 Å². The van der Waals surface area contributed by atoms with Crippen molar-refractivity contribution in [1.82, 2.24) is 0 Å². The number of nitrogens with zero attached hydrogens (tertiary/aromatic N) is 1. The molecule has 0 fully saturated rings. The first kappa shape index (κ1) is 93.7. The van der Waals surface area contributed by atoms with E-state index in [0.29, 0.717) is 17.4 Å². The second-order valence-corrected chi connectivity index (χ2v) is 31.2. The van der Waals surface area contributed by atoms with Gasteiger partial charge in [-0.2, -0.15) is 0 Å². The zero-order valence-electron chi connectivity index (χ0n) is 64.6. The van der Waals surface area contributed by atoms with Crippen molar-refractivity contribution in [3.63, 3.8) is 0 Å². The summed E-state index contributed by atoms with van der Waals surface area (Å²) in [7, 11) is 1.19. The van der Waals surface area contributed by atoms with Crippen molar-refractivity contribution < 1.29 is 42.1 Å². The van der Waals surface area contributed by atoms with Crippen LogP contribution in [0.4, 0.5) is 0 Å². The molecule has 0 rings (SSSR count). The summed E-state index contributed by atoms with van der Waals surface area (Å²) in [5.41, 5.74) is 0. The molecule has 0 N–H and O–H groups in total. The summed E-state index contributed by atoms with van der Waals surface area (Å²) in [4.78, 5) is 38.2. The van der Waals surface area contributed by atoms with Crippen LogP contribution in [0.1, 0.15) is 425 Å². The van der Waals surface area contributed by atoms with E-state index < -0.39 is 26.5 Å². The number of carbonyl (C=O) groups excluding carboxylic acids is 2. The topological polar surface area (TPSA) is 111 Å². The molecular weight excluding hydrogens is 1210 g/mol. The number of hydrogen-bond donors (Lipinski definition) is 0. The maximum absolute atomic E-state index is 12.9. The third-order valence-electron chi connectivity index (χ3n) is 19.1. The van der Waals surface area contributed by atoms with Gasteiger partial charge in [-0.25, -0.2) is 0 Å². The highest BCUT2D eigenvalue weighted by molar-refractivity contribution is 7.45. The SMILES string of the molecule is CC/C=C\C/C=C\C/C=C\C/C=C\C/C=C\CCCCCCCCCCCCCCCCCCCCCCCCCC(=O)OC(COC(=O)CCCCCCCCCCCCCCCCCCCCCCCCCCCCCCCCCCC)COP(=O)([O-])OCC[N+](C)(C)C. The van der Waals surface area contributed by atoms with Gasteiger partial charge in [0.05, 0.1) is 27.7 Å². The second kappa shape index (κ2) is 76.9. The van der Waals surface area contributed by atoms with Crippen LogP contribution in [0.25, 0.3) is 0 Å². The number of likely N-dealkylation sites (N-methyl/N-ethyl adjacent to an activating group) is 1. The van der Waals surface area contributed by atoms with E-state index >= 15 is 0 Å². The number of hydrogen-bond acceptors (Lipinski definition) is 8. The average Bonchev–Trinajstić information content (AvgIpc) is 1.98. The number of quaternary nitrogens is 1. The lowest BCUT2D eigenvalue weighted by atomic mass is 10.0. The maximum atomic E-state index is 12.9. The monoisotopic (exact) mass is 1370 g/mol. The Morgan fingerprint density at radius 2 is 0.594 bits per heavy atom. The van der Waals surface area contributed by atoms with Crippen molar-refractivity contribution in [2.24, 2.45) is 0 Å². The third-order valence-corrected chi connectivity index (χ3v) is 20.0. The van der Waals surface area contributed by atoms with Crippen LogP contribution in [0.15, 0.2) is 60.8 Å². The van der Waals surface area contributed by atoms with Crippen molar-refractivity contribution in [3.05, 3.63) is 60.8 Å². The summed E-state index contributed by atoms with van der Waals surface area (Å²) in [5, 5.41) is 0. The Hall–Kier alpha value is -2.29. The molecular formula is C86H162NO8P. The van der Waals surface area contributed by atoms with E-state index in [9.17, 15) is 19.0 Å². The molecule has 0 aromatic carbocycles. The molecule has 2 atom stereocenters. The van der Waals surface area contributed by atoms with Gasteiger partial charge < -0.3 is 27.9 Å². The first-order valence-electron chi connectivity index (χ1n) is 42.0. The van der Waals surface area contributed by atoms with Crippen LogP contribution in [0.5, 0.6) is 0 Å². The van der Waals surface area contributed by atoms with Crippen LogP contribution in [-0.4, -0.2) is 70.0 Å². The van der Waals surface area contributed by atoms with E-state index in [2.05, 4.69) is 74.6 Å². The van der Waals surface area contributed by atoms with Crippen molar-refractivity contribution >= 4 is 19.8 Å². The van der Waals surface area contributed by atoms with Gasteiger partial charge in [-0.3, -0.25) is 14.2 Å². The van der Waals surface area contributed by atoms with Crippen LogP contribution in [0, 0.1) is 0 Å². The zero-order chi connectivity index (χ0) is 69.7.